The number of amides is 2. The van der Waals surface area contributed by atoms with E-state index in [9.17, 15) is 9.18 Å². The average Bonchev–Trinajstić information content (AvgIpc) is 2.85. The summed E-state index contributed by atoms with van der Waals surface area (Å²) in [5, 5.41) is 2.87. The van der Waals surface area contributed by atoms with Crippen LogP contribution in [0, 0.1) is 5.82 Å². The summed E-state index contributed by atoms with van der Waals surface area (Å²) in [6.07, 6.45) is 0. The Balaban J connectivity index is 1.75. The van der Waals surface area contributed by atoms with Gasteiger partial charge in [0.05, 0.1) is 13.2 Å². The zero-order valence-corrected chi connectivity index (χ0v) is 18.3. The molecule has 0 fully saturated rings. The fraction of sp³-hybridized carbons (Fsp3) is 0.107. The Labute approximate surface area is 193 Å². The van der Waals surface area contributed by atoms with Crippen molar-refractivity contribution in [2.75, 3.05) is 12.4 Å². The Morgan fingerprint density at radius 3 is 2.00 bits per heavy atom. The van der Waals surface area contributed by atoms with Crippen LogP contribution in [0.15, 0.2) is 109 Å². The van der Waals surface area contributed by atoms with Gasteiger partial charge in [0.2, 0.25) is 0 Å². The third-order valence-corrected chi connectivity index (χ3v) is 5.39. The van der Waals surface area contributed by atoms with Gasteiger partial charge in [-0.1, -0.05) is 78.9 Å². The van der Waals surface area contributed by atoms with E-state index in [1.807, 2.05) is 84.9 Å². The van der Waals surface area contributed by atoms with E-state index in [1.54, 1.807) is 24.1 Å². The second-order valence-electron chi connectivity index (χ2n) is 7.64. The van der Waals surface area contributed by atoms with E-state index >= 15 is 0 Å². The summed E-state index contributed by atoms with van der Waals surface area (Å²) in [4.78, 5) is 15.4. The van der Waals surface area contributed by atoms with E-state index in [1.165, 1.54) is 12.1 Å². The number of hydrogen-bond donors (Lipinski definition) is 1. The van der Waals surface area contributed by atoms with Gasteiger partial charge in [0.1, 0.15) is 11.6 Å². The molecule has 0 saturated carbocycles. The van der Waals surface area contributed by atoms with E-state index in [4.69, 9.17) is 4.74 Å². The minimum atomic E-state index is -0.405. The molecule has 0 radical (unpaired) electrons. The zero-order valence-electron chi connectivity index (χ0n) is 18.3. The minimum absolute atomic E-state index is 0.325. The van der Waals surface area contributed by atoms with Gasteiger partial charge in [-0.05, 0) is 47.0 Å². The highest BCUT2D eigenvalue weighted by Gasteiger charge is 2.27. The molecule has 0 bridgehead atoms. The largest absolute Gasteiger partial charge is 0.497 e. The highest BCUT2D eigenvalue weighted by atomic mass is 19.1. The molecular formula is C28H25FN2O2. The van der Waals surface area contributed by atoms with Crippen LogP contribution in [0.25, 0.3) is 0 Å². The maximum absolute atomic E-state index is 13.7. The predicted octanol–water partition coefficient (Wildman–Crippen LogP) is 6.66. The van der Waals surface area contributed by atoms with Gasteiger partial charge >= 0.3 is 6.03 Å². The molecule has 4 aromatic rings. The van der Waals surface area contributed by atoms with Crippen LogP contribution in [0.2, 0.25) is 0 Å². The lowest BCUT2D eigenvalue weighted by molar-refractivity contribution is 0.194. The fourth-order valence-electron chi connectivity index (χ4n) is 3.79. The van der Waals surface area contributed by atoms with Crippen LogP contribution in [-0.2, 0) is 6.54 Å². The summed E-state index contributed by atoms with van der Waals surface area (Å²) in [5.74, 6) is 0.342. The van der Waals surface area contributed by atoms with E-state index in [-0.39, 0.29) is 12.1 Å². The van der Waals surface area contributed by atoms with E-state index in [2.05, 4.69) is 5.32 Å². The molecule has 0 aliphatic heterocycles. The summed E-state index contributed by atoms with van der Waals surface area (Å²) in [7, 11) is 1.62. The first-order valence-electron chi connectivity index (χ1n) is 10.7. The number of carbonyl (C=O) groups is 1. The normalized spacial score (nSPS) is 10.6. The molecule has 166 valence electrons. The van der Waals surface area contributed by atoms with Crippen LogP contribution in [0.5, 0.6) is 5.75 Å². The second-order valence-corrected chi connectivity index (χ2v) is 7.64. The van der Waals surface area contributed by atoms with Crippen molar-refractivity contribution in [3.05, 3.63) is 132 Å². The molecule has 33 heavy (non-hydrogen) atoms. The molecule has 1 N–H and O–H groups in total. The standard InChI is InChI=1S/C28H25FN2O2/c1-33-26-17-15-21(16-18-26)20-31(28(32)30-25-14-8-13-24(29)19-25)27(22-9-4-2-5-10-22)23-11-6-3-7-12-23/h2-19,27H,20H2,1H3,(H,30,32). The van der Waals surface area contributed by atoms with Crippen molar-refractivity contribution in [1.82, 2.24) is 4.90 Å². The first-order valence-corrected chi connectivity index (χ1v) is 10.7. The first-order chi connectivity index (χ1) is 16.1. The van der Waals surface area contributed by atoms with Crippen LogP contribution in [0.3, 0.4) is 0 Å². The van der Waals surface area contributed by atoms with E-state index in [0.29, 0.717) is 12.2 Å². The molecule has 0 heterocycles. The Kier molecular flexibility index (Phi) is 7.00. The number of rotatable bonds is 7. The average molecular weight is 441 g/mol. The second kappa shape index (κ2) is 10.5. The van der Waals surface area contributed by atoms with Crippen LogP contribution >= 0.6 is 0 Å². The zero-order chi connectivity index (χ0) is 23.0. The summed E-state index contributed by atoms with van der Waals surface area (Å²) in [6.45, 7) is 0.347. The van der Waals surface area contributed by atoms with Gasteiger partial charge in [0, 0.05) is 12.2 Å². The highest BCUT2D eigenvalue weighted by Crippen LogP contribution is 2.31. The maximum atomic E-state index is 13.7. The van der Waals surface area contributed by atoms with Crippen molar-refractivity contribution < 1.29 is 13.9 Å². The number of halogens is 1. The van der Waals surface area contributed by atoms with Gasteiger partial charge in [-0.25, -0.2) is 9.18 Å². The Hall–Kier alpha value is -4.12. The third-order valence-electron chi connectivity index (χ3n) is 5.39. The number of nitrogens with one attached hydrogen (secondary N) is 1. The molecule has 5 heteroatoms. The van der Waals surface area contributed by atoms with Crippen molar-refractivity contribution in [3.63, 3.8) is 0 Å². The van der Waals surface area contributed by atoms with Gasteiger partial charge < -0.3 is 15.0 Å². The maximum Gasteiger partial charge on any atom is 0.322 e. The first kappa shape index (κ1) is 22.1. The number of anilines is 1. The Morgan fingerprint density at radius 2 is 1.45 bits per heavy atom. The highest BCUT2D eigenvalue weighted by molar-refractivity contribution is 5.90. The number of carbonyl (C=O) groups excluding carboxylic acids is 1. The lowest BCUT2D eigenvalue weighted by Gasteiger charge is -2.33. The number of nitrogens with zero attached hydrogens (tertiary/aromatic N) is 1. The summed E-state index contributed by atoms with van der Waals surface area (Å²) >= 11 is 0. The molecule has 0 atom stereocenters. The van der Waals surface area contributed by atoms with Gasteiger partial charge in [0.15, 0.2) is 0 Å². The number of methoxy groups -OCH3 is 1. The number of ether oxygens (including phenoxy) is 1. The smallest absolute Gasteiger partial charge is 0.322 e. The van der Waals surface area contributed by atoms with Gasteiger partial charge in [-0.3, -0.25) is 0 Å². The van der Waals surface area contributed by atoms with Crippen LogP contribution < -0.4 is 10.1 Å². The van der Waals surface area contributed by atoms with Gasteiger partial charge in [0.25, 0.3) is 0 Å². The third kappa shape index (κ3) is 5.57. The molecule has 0 aromatic heterocycles. The van der Waals surface area contributed by atoms with Gasteiger partial charge in [-0.15, -0.1) is 0 Å². The summed E-state index contributed by atoms with van der Waals surface area (Å²) in [5.41, 5.74) is 3.31. The Morgan fingerprint density at radius 1 is 0.848 bits per heavy atom. The van der Waals surface area contributed by atoms with E-state index in [0.717, 1.165) is 22.4 Å². The van der Waals surface area contributed by atoms with Crippen molar-refractivity contribution in [3.8, 4) is 5.75 Å². The predicted molar refractivity (Wildman–Crippen MR) is 129 cm³/mol. The quantitative estimate of drug-likeness (QED) is 0.349. The molecule has 4 nitrogen and oxygen atoms in total. The van der Waals surface area contributed by atoms with Crippen LogP contribution in [0.4, 0.5) is 14.9 Å². The molecule has 0 aliphatic rings. The molecule has 4 aromatic carbocycles. The van der Waals surface area contributed by atoms with E-state index < -0.39 is 5.82 Å². The molecular weight excluding hydrogens is 415 g/mol. The minimum Gasteiger partial charge on any atom is -0.497 e. The molecule has 0 saturated heterocycles. The van der Waals surface area contributed by atoms with Crippen molar-refractivity contribution in [1.29, 1.82) is 0 Å². The van der Waals surface area contributed by atoms with Gasteiger partial charge in [-0.2, -0.15) is 0 Å². The molecule has 4 rings (SSSR count). The fourth-order valence-corrected chi connectivity index (χ4v) is 3.79. The molecule has 2 amide bonds. The monoisotopic (exact) mass is 440 g/mol. The molecule has 0 unspecified atom stereocenters. The summed E-state index contributed by atoms with van der Waals surface area (Å²) < 4.78 is 19.0. The Bertz CT molecular complexity index is 1140. The lowest BCUT2D eigenvalue weighted by atomic mass is 9.96. The molecule has 0 spiro atoms. The van der Waals surface area contributed by atoms with Crippen LogP contribution in [0.1, 0.15) is 22.7 Å². The van der Waals surface area contributed by atoms with Crippen molar-refractivity contribution in [2.45, 2.75) is 12.6 Å². The molecule has 0 aliphatic carbocycles. The lowest BCUT2D eigenvalue weighted by Crippen LogP contribution is -2.38. The summed E-state index contributed by atoms with van der Waals surface area (Å²) in [6, 6.07) is 32.6. The number of hydrogen-bond acceptors (Lipinski definition) is 2. The topological polar surface area (TPSA) is 41.6 Å². The SMILES string of the molecule is COc1ccc(CN(C(=O)Nc2cccc(F)c2)C(c2ccccc2)c2ccccc2)cc1. The number of benzene rings is 4. The van der Waals surface area contributed by atoms with Crippen molar-refractivity contribution in [2.24, 2.45) is 0 Å². The van der Waals surface area contributed by atoms with Crippen molar-refractivity contribution >= 4 is 11.7 Å². The number of urea groups is 1. The van der Waals surface area contributed by atoms with Crippen LogP contribution in [-0.4, -0.2) is 18.0 Å².